The molecule has 0 N–H and O–H groups in total. The van der Waals surface area contributed by atoms with E-state index in [4.69, 9.17) is 9.72 Å². The van der Waals surface area contributed by atoms with Crippen LogP contribution in [0.3, 0.4) is 0 Å². The number of esters is 1. The largest absolute Gasteiger partial charge is 0.465 e. The third kappa shape index (κ3) is 2.38. The number of carbonyl (C=O) groups excluding carboxylic acids is 1. The Balaban J connectivity index is 1.95. The molecule has 0 fully saturated rings. The average Bonchev–Trinajstić information content (AvgIpc) is 3.02. The molecule has 1 aliphatic carbocycles. The lowest BCUT2D eigenvalue weighted by atomic mass is 10.0. The lowest BCUT2D eigenvalue weighted by Crippen LogP contribution is -2.08. The Morgan fingerprint density at radius 1 is 1.04 bits per heavy atom. The van der Waals surface area contributed by atoms with E-state index in [0.717, 1.165) is 40.6 Å². The molecular formula is C21H17NO2. The number of methoxy groups -OCH3 is 1. The SMILES string of the molecule is COC(=O)c1c2c(nc3ccccc13)/C(=C/c1ccccc1)CC2. The summed E-state index contributed by atoms with van der Waals surface area (Å²) in [7, 11) is 1.43. The van der Waals surface area contributed by atoms with Crippen LogP contribution in [-0.4, -0.2) is 18.1 Å². The number of carbonyl (C=O) groups is 1. The van der Waals surface area contributed by atoms with Gasteiger partial charge in [-0.3, -0.25) is 0 Å². The van der Waals surface area contributed by atoms with Crippen LogP contribution in [0.5, 0.6) is 0 Å². The zero-order chi connectivity index (χ0) is 16.5. The number of allylic oxidation sites excluding steroid dienone is 1. The molecule has 0 saturated heterocycles. The van der Waals surface area contributed by atoms with Gasteiger partial charge in [0, 0.05) is 5.39 Å². The molecule has 4 rings (SSSR count). The molecule has 0 radical (unpaired) electrons. The molecule has 1 aliphatic rings. The third-order valence-corrected chi connectivity index (χ3v) is 4.47. The van der Waals surface area contributed by atoms with Crippen molar-refractivity contribution in [2.45, 2.75) is 12.8 Å². The Labute approximate surface area is 140 Å². The standard InChI is InChI=1S/C21H17NO2/c1-24-21(23)19-16-9-5-6-10-18(16)22-20-15(11-12-17(19)20)13-14-7-3-2-4-8-14/h2-10,13H,11-12H2,1H3/b15-13+. The smallest absolute Gasteiger partial charge is 0.338 e. The molecule has 0 amide bonds. The van der Waals surface area contributed by atoms with Crippen LogP contribution in [0.2, 0.25) is 0 Å². The van der Waals surface area contributed by atoms with E-state index in [2.05, 4.69) is 18.2 Å². The normalized spacial score (nSPS) is 14.8. The first kappa shape index (κ1) is 14.6. The summed E-state index contributed by atoms with van der Waals surface area (Å²) in [6, 6.07) is 18.0. The summed E-state index contributed by atoms with van der Waals surface area (Å²) in [5, 5.41) is 0.865. The summed E-state index contributed by atoms with van der Waals surface area (Å²) in [4.78, 5) is 17.2. The second kappa shape index (κ2) is 5.93. The van der Waals surface area contributed by atoms with Crippen LogP contribution < -0.4 is 0 Å². The van der Waals surface area contributed by atoms with Crippen molar-refractivity contribution in [3.63, 3.8) is 0 Å². The fraction of sp³-hybridized carbons (Fsp3) is 0.143. The fourth-order valence-electron chi connectivity index (χ4n) is 3.36. The summed E-state index contributed by atoms with van der Waals surface area (Å²) >= 11 is 0. The molecular weight excluding hydrogens is 298 g/mol. The lowest BCUT2D eigenvalue weighted by Gasteiger charge is -2.10. The van der Waals surface area contributed by atoms with E-state index in [1.807, 2.05) is 42.5 Å². The molecule has 2 aromatic carbocycles. The summed E-state index contributed by atoms with van der Waals surface area (Å²) in [6.07, 6.45) is 3.86. The van der Waals surface area contributed by atoms with Crippen molar-refractivity contribution >= 4 is 28.5 Å². The fourth-order valence-corrected chi connectivity index (χ4v) is 3.36. The summed E-state index contributed by atoms with van der Waals surface area (Å²) in [5.41, 5.74) is 5.75. The van der Waals surface area contributed by atoms with E-state index in [0.29, 0.717) is 5.56 Å². The van der Waals surface area contributed by atoms with Gasteiger partial charge in [-0.1, -0.05) is 48.5 Å². The number of rotatable bonds is 2. The molecule has 0 bridgehead atoms. The molecule has 0 aliphatic heterocycles. The first-order valence-corrected chi connectivity index (χ1v) is 8.04. The van der Waals surface area contributed by atoms with E-state index >= 15 is 0 Å². The summed E-state index contributed by atoms with van der Waals surface area (Å²) in [5.74, 6) is -0.286. The number of pyridine rings is 1. The van der Waals surface area contributed by atoms with E-state index in [9.17, 15) is 4.79 Å². The lowest BCUT2D eigenvalue weighted by molar-refractivity contribution is 0.0602. The van der Waals surface area contributed by atoms with Gasteiger partial charge in [0.25, 0.3) is 0 Å². The van der Waals surface area contributed by atoms with Crippen molar-refractivity contribution in [1.29, 1.82) is 0 Å². The summed E-state index contributed by atoms with van der Waals surface area (Å²) in [6.45, 7) is 0. The van der Waals surface area contributed by atoms with Crippen molar-refractivity contribution in [2.75, 3.05) is 7.11 Å². The van der Waals surface area contributed by atoms with Gasteiger partial charge >= 0.3 is 5.97 Å². The molecule has 3 aromatic rings. The molecule has 1 heterocycles. The van der Waals surface area contributed by atoms with Gasteiger partial charge in [0.1, 0.15) is 0 Å². The minimum Gasteiger partial charge on any atom is -0.465 e. The van der Waals surface area contributed by atoms with Gasteiger partial charge in [0.05, 0.1) is 23.9 Å². The van der Waals surface area contributed by atoms with Gasteiger partial charge in [-0.15, -0.1) is 0 Å². The van der Waals surface area contributed by atoms with Crippen LogP contribution in [0.15, 0.2) is 54.6 Å². The Morgan fingerprint density at radius 2 is 1.79 bits per heavy atom. The minimum absolute atomic E-state index is 0.286. The monoisotopic (exact) mass is 315 g/mol. The molecule has 24 heavy (non-hydrogen) atoms. The molecule has 118 valence electrons. The highest BCUT2D eigenvalue weighted by molar-refractivity contribution is 6.07. The highest BCUT2D eigenvalue weighted by atomic mass is 16.5. The molecule has 1 aromatic heterocycles. The first-order chi connectivity index (χ1) is 11.8. The molecule has 3 heteroatoms. The van der Waals surface area contributed by atoms with Crippen LogP contribution in [0.25, 0.3) is 22.6 Å². The number of fused-ring (bicyclic) bond motifs is 2. The molecule has 3 nitrogen and oxygen atoms in total. The number of para-hydroxylation sites is 1. The van der Waals surface area contributed by atoms with Crippen LogP contribution in [0.1, 0.15) is 33.6 Å². The van der Waals surface area contributed by atoms with Crippen LogP contribution >= 0.6 is 0 Å². The van der Waals surface area contributed by atoms with Gasteiger partial charge < -0.3 is 4.74 Å². The van der Waals surface area contributed by atoms with Gasteiger partial charge in [0.15, 0.2) is 0 Å². The van der Waals surface area contributed by atoms with E-state index in [-0.39, 0.29) is 5.97 Å². The maximum atomic E-state index is 12.4. The topological polar surface area (TPSA) is 39.2 Å². The van der Waals surface area contributed by atoms with E-state index < -0.39 is 0 Å². The number of benzene rings is 2. The second-order valence-electron chi connectivity index (χ2n) is 5.90. The number of aromatic nitrogens is 1. The third-order valence-electron chi connectivity index (χ3n) is 4.47. The summed E-state index contributed by atoms with van der Waals surface area (Å²) < 4.78 is 5.04. The first-order valence-electron chi connectivity index (χ1n) is 8.04. The zero-order valence-corrected chi connectivity index (χ0v) is 13.5. The highest BCUT2D eigenvalue weighted by Gasteiger charge is 2.27. The van der Waals surface area contributed by atoms with Crippen molar-refractivity contribution < 1.29 is 9.53 Å². The Bertz CT molecular complexity index is 958. The van der Waals surface area contributed by atoms with Crippen molar-refractivity contribution in [1.82, 2.24) is 4.98 Å². The predicted octanol–water partition coefficient (Wildman–Crippen LogP) is 4.51. The number of hydrogen-bond acceptors (Lipinski definition) is 3. The maximum Gasteiger partial charge on any atom is 0.338 e. The van der Waals surface area contributed by atoms with Crippen molar-refractivity contribution in [3.05, 3.63) is 77.0 Å². The quantitative estimate of drug-likeness (QED) is 0.653. The molecule has 0 unspecified atom stereocenters. The van der Waals surface area contributed by atoms with E-state index in [1.54, 1.807) is 0 Å². The predicted molar refractivity (Wildman–Crippen MR) is 95.7 cm³/mol. The second-order valence-corrected chi connectivity index (χ2v) is 5.90. The van der Waals surface area contributed by atoms with Gasteiger partial charge in [-0.2, -0.15) is 0 Å². The van der Waals surface area contributed by atoms with Crippen molar-refractivity contribution in [2.24, 2.45) is 0 Å². The highest BCUT2D eigenvalue weighted by Crippen LogP contribution is 2.37. The zero-order valence-electron chi connectivity index (χ0n) is 13.5. The van der Waals surface area contributed by atoms with Crippen LogP contribution in [0.4, 0.5) is 0 Å². The van der Waals surface area contributed by atoms with Crippen LogP contribution in [0, 0.1) is 0 Å². The molecule has 0 spiro atoms. The Morgan fingerprint density at radius 3 is 2.58 bits per heavy atom. The number of hydrogen-bond donors (Lipinski definition) is 0. The van der Waals surface area contributed by atoms with E-state index in [1.165, 1.54) is 12.7 Å². The van der Waals surface area contributed by atoms with Crippen LogP contribution in [-0.2, 0) is 11.2 Å². The molecule has 0 atom stereocenters. The van der Waals surface area contributed by atoms with Gasteiger partial charge in [-0.05, 0) is 41.7 Å². The van der Waals surface area contributed by atoms with Gasteiger partial charge in [0.2, 0.25) is 0 Å². The Hall–Kier alpha value is -2.94. The maximum absolute atomic E-state index is 12.4. The average molecular weight is 315 g/mol. The van der Waals surface area contributed by atoms with Gasteiger partial charge in [-0.25, -0.2) is 9.78 Å². The van der Waals surface area contributed by atoms with Crippen molar-refractivity contribution in [3.8, 4) is 0 Å². The number of nitrogens with zero attached hydrogens (tertiary/aromatic N) is 1. The number of ether oxygens (including phenoxy) is 1. The molecule has 0 saturated carbocycles. The minimum atomic E-state index is -0.286. The Kier molecular flexibility index (Phi) is 3.62.